The number of hydrogen-bond acceptors (Lipinski definition) is 2. The molecule has 0 unspecified atom stereocenters. The van der Waals surface area contributed by atoms with Gasteiger partial charge in [0.15, 0.2) is 0 Å². The van der Waals surface area contributed by atoms with E-state index in [0.717, 1.165) is 0 Å². The highest BCUT2D eigenvalue weighted by molar-refractivity contribution is 9.10. The number of anilines is 1. The molecule has 0 aliphatic carbocycles. The first kappa shape index (κ1) is 9.68. The van der Waals surface area contributed by atoms with Crippen LogP contribution in [0.15, 0.2) is 10.5 Å². The van der Waals surface area contributed by atoms with Gasteiger partial charge in [0.1, 0.15) is 0 Å². The van der Waals surface area contributed by atoms with E-state index in [4.69, 9.17) is 11.6 Å². The number of Topliss-reactive ketones (excluding diaryl/α,β-unsaturated/α-hetero) is 1. The Morgan fingerprint density at radius 1 is 1.43 bits per heavy atom. The van der Waals surface area contributed by atoms with E-state index >= 15 is 0 Å². The summed E-state index contributed by atoms with van der Waals surface area (Å²) in [6.45, 7) is 1.75. The second-order valence-electron chi connectivity index (χ2n) is 3.00. The number of fused-ring (bicyclic) bond motifs is 1. The Balaban J connectivity index is 2.76. The average molecular weight is 275 g/mol. The Bertz CT molecular complexity index is 470. The molecule has 0 aromatic heterocycles. The van der Waals surface area contributed by atoms with Crippen LogP contribution in [0.2, 0.25) is 5.02 Å². The molecule has 1 aliphatic heterocycles. The second kappa shape index (κ2) is 3.07. The Hall–Kier alpha value is -0.870. The minimum Gasteiger partial charge on any atom is -0.318 e. The molecule has 0 bridgehead atoms. The molecule has 3 nitrogen and oxygen atoms in total. The number of carbonyl (C=O) groups is 2. The SMILES string of the molecule is Cc1c(Cl)c(Br)cc2c1NC(=O)C2=O. The predicted molar refractivity (Wildman–Crippen MR) is 56.8 cm³/mol. The number of hydrogen-bond donors (Lipinski definition) is 1. The summed E-state index contributed by atoms with van der Waals surface area (Å²) < 4.78 is 0.625. The first-order valence-electron chi connectivity index (χ1n) is 3.86. The molecule has 5 heteroatoms. The number of halogens is 2. The lowest BCUT2D eigenvalue weighted by molar-refractivity contribution is -0.112. The van der Waals surface area contributed by atoms with Gasteiger partial charge in [-0.25, -0.2) is 0 Å². The first-order valence-corrected chi connectivity index (χ1v) is 5.03. The molecule has 14 heavy (non-hydrogen) atoms. The van der Waals surface area contributed by atoms with Gasteiger partial charge in [0, 0.05) is 4.47 Å². The molecule has 1 amide bonds. The van der Waals surface area contributed by atoms with Crippen molar-refractivity contribution in [2.75, 3.05) is 5.32 Å². The largest absolute Gasteiger partial charge is 0.318 e. The van der Waals surface area contributed by atoms with Crippen molar-refractivity contribution in [3.63, 3.8) is 0 Å². The van der Waals surface area contributed by atoms with Crippen LogP contribution in [0.1, 0.15) is 15.9 Å². The zero-order valence-corrected chi connectivity index (χ0v) is 9.49. The molecule has 72 valence electrons. The minimum absolute atomic E-state index is 0.378. The fourth-order valence-corrected chi connectivity index (χ4v) is 2.06. The van der Waals surface area contributed by atoms with Crippen LogP contribution in [-0.4, -0.2) is 11.7 Å². The Kier molecular flexibility index (Phi) is 2.12. The maximum atomic E-state index is 11.3. The zero-order valence-electron chi connectivity index (χ0n) is 7.15. The van der Waals surface area contributed by atoms with Gasteiger partial charge < -0.3 is 5.32 Å². The van der Waals surface area contributed by atoms with Crippen LogP contribution in [0.5, 0.6) is 0 Å². The number of nitrogens with one attached hydrogen (secondary N) is 1. The van der Waals surface area contributed by atoms with Crippen LogP contribution in [0.4, 0.5) is 5.69 Å². The molecule has 0 fully saturated rings. The van der Waals surface area contributed by atoms with Crippen LogP contribution < -0.4 is 5.32 Å². The van der Waals surface area contributed by atoms with E-state index in [1.165, 1.54) is 0 Å². The number of rotatable bonds is 0. The lowest BCUT2D eigenvalue weighted by atomic mass is 10.1. The van der Waals surface area contributed by atoms with Crippen molar-refractivity contribution in [3.8, 4) is 0 Å². The van der Waals surface area contributed by atoms with Crippen molar-refractivity contribution in [2.24, 2.45) is 0 Å². The molecule has 1 heterocycles. The molecule has 0 saturated heterocycles. The van der Waals surface area contributed by atoms with Gasteiger partial charge in [-0.1, -0.05) is 11.6 Å². The highest BCUT2D eigenvalue weighted by atomic mass is 79.9. The summed E-state index contributed by atoms with van der Waals surface area (Å²) in [4.78, 5) is 22.4. The first-order chi connectivity index (χ1) is 6.52. The van der Waals surface area contributed by atoms with E-state index in [1.807, 2.05) is 0 Å². The molecule has 1 N–H and O–H groups in total. The maximum Gasteiger partial charge on any atom is 0.296 e. The second-order valence-corrected chi connectivity index (χ2v) is 4.24. The van der Waals surface area contributed by atoms with Gasteiger partial charge in [0.25, 0.3) is 11.7 Å². The number of amides is 1. The topological polar surface area (TPSA) is 46.2 Å². The quantitative estimate of drug-likeness (QED) is 0.739. The van der Waals surface area contributed by atoms with Crippen LogP contribution in [-0.2, 0) is 4.79 Å². The standard InChI is InChI=1S/C9H5BrClNO2/c1-3-6(11)5(10)2-4-7(3)12-9(14)8(4)13/h2H,1H3,(H,12,13,14). The van der Waals surface area contributed by atoms with Gasteiger partial charge in [-0.2, -0.15) is 0 Å². The number of benzene rings is 1. The van der Waals surface area contributed by atoms with Crippen molar-refractivity contribution >= 4 is 44.9 Å². The van der Waals surface area contributed by atoms with Crippen molar-refractivity contribution in [1.82, 2.24) is 0 Å². The lowest BCUT2D eigenvalue weighted by Crippen LogP contribution is -2.12. The fraction of sp³-hybridized carbons (Fsp3) is 0.111. The molecule has 0 atom stereocenters. The zero-order chi connectivity index (χ0) is 10.5. The van der Waals surface area contributed by atoms with Gasteiger partial charge in [-0.15, -0.1) is 0 Å². The highest BCUT2D eigenvalue weighted by Crippen LogP contribution is 2.37. The highest BCUT2D eigenvalue weighted by Gasteiger charge is 2.30. The summed E-state index contributed by atoms with van der Waals surface area (Å²) in [5.74, 6) is -1.11. The Morgan fingerprint density at radius 3 is 2.71 bits per heavy atom. The van der Waals surface area contributed by atoms with Gasteiger partial charge in [0.05, 0.1) is 16.3 Å². The van der Waals surface area contributed by atoms with E-state index in [-0.39, 0.29) is 0 Å². The summed E-state index contributed by atoms with van der Waals surface area (Å²) in [6.07, 6.45) is 0. The molecule has 1 aromatic rings. The van der Waals surface area contributed by atoms with Crippen molar-refractivity contribution in [2.45, 2.75) is 6.92 Å². The maximum absolute atomic E-state index is 11.3. The molecule has 2 rings (SSSR count). The molecular formula is C9H5BrClNO2. The number of carbonyl (C=O) groups excluding carboxylic acids is 2. The Morgan fingerprint density at radius 2 is 2.07 bits per heavy atom. The van der Waals surface area contributed by atoms with Gasteiger partial charge in [-0.3, -0.25) is 9.59 Å². The summed E-state index contributed by atoms with van der Waals surface area (Å²) in [7, 11) is 0. The van der Waals surface area contributed by atoms with E-state index in [1.54, 1.807) is 13.0 Å². The molecule has 1 aliphatic rings. The lowest BCUT2D eigenvalue weighted by Gasteiger charge is -2.06. The smallest absolute Gasteiger partial charge is 0.296 e. The Labute approximate surface area is 93.6 Å². The summed E-state index contributed by atoms with van der Waals surface area (Å²) in [6, 6.07) is 1.56. The molecule has 1 aromatic carbocycles. The molecule has 0 saturated carbocycles. The van der Waals surface area contributed by atoms with Crippen molar-refractivity contribution < 1.29 is 9.59 Å². The molecular weight excluding hydrogens is 269 g/mol. The normalized spacial score (nSPS) is 14.2. The van der Waals surface area contributed by atoms with Crippen LogP contribution >= 0.6 is 27.5 Å². The van der Waals surface area contributed by atoms with Crippen LogP contribution in [0.3, 0.4) is 0 Å². The molecule has 0 radical (unpaired) electrons. The van der Waals surface area contributed by atoms with Gasteiger partial charge >= 0.3 is 0 Å². The summed E-state index contributed by atoms with van der Waals surface area (Å²) in [5.41, 5.74) is 1.60. The third-order valence-corrected chi connectivity index (χ3v) is 3.48. The molecule has 0 spiro atoms. The van der Waals surface area contributed by atoms with Crippen molar-refractivity contribution in [3.05, 3.63) is 26.7 Å². The average Bonchev–Trinajstić information content (AvgIpc) is 2.42. The monoisotopic (exact) mass is 273 g/mol. The van der Waals surface area contributed by atoms with Crippen molar-refractivity contribution in [1.29, 1.82) is 0 Å². The fourth-order valence-electron chi connectivity index (χ4n) is 1.39. The summed E-state index contributed by atoms with van der Waals surface area (Å²) >= 11 is 9.17. The van der Waals surface area contributed by atoms with E-state index in [2.05, 4.69) is 21.2 Å². The summed E-state index contributed by atoms with van der Waals surface area (Å²) in [5, 5.41) is 3.00. The number of ketones is 1. The third kappa shape index (κ3) is 1.18. The van der Waals surface area contributed by atoms with E-state index in [9.17, 15) is 9.59 Å². The van der Waals surface area contributed by atoms with Crippen LogP contribution in [0.25, 0.3) is 0 Å². The van der Waals surface area contributed by atoms with Gasteiger partial charge in [-0.05, 0) is 34.5 Å². The van der Waals surface area contributed by atoms with Crippen LogP contribution in [0, 0.1) is 6.92 Å². The predicted octanol–water partition coefficient (Wildman–Crippen LogP) is 2.55. The van der Waals surface area contributed by atoms with E-state index < -0.39 is 11.7 Å². The third-order valence-electron chi connectivity index (χ3n) is 2.14. The van der Waals surface area contributed by atoms with Gasteiger partial charge in [0.2, 0.25) is 0 Å². The minimum atomic E-state index is -0.600. The van der Waals surface area contributed by atoms with E-state index in [0.29, 0.717) is 26.3 Å².